The predicted octanol–water partition coefficient (Wildman–Crippen LogP) is 12.1. The molecule has 0 rings (SSSR count). The fraction of sp³-hybridized carbons (Fsp3) is 0.574. The lowest BCUT2D eigenvalue weighted by Crippen LogP contribution is -2.55. The standard InChI is InChI=1S/C54H85NO7/c1-6-8-10-12-14-16-18-20-22-24-25-26-27-28-29-31-33-35-37-39-41-43-45-53(57)62-50(48-60-47-46-51(54(58)59)55(3,4)5)49-61-52(56)44-42-40-38-36-34-32-30-23-21-19-17-15-13-11-9-7-2/h8-11,14-17,20-23,25-26,28-29,32,34,38,40,50-51H,6-7,12-13,18-19,24,27,30-31,33,35-37,39,41-49H2,1-5H3/b10-8+,11-9+,16-14+,17-15+,22-20+,23-21+,26-25+,29-28+,34-32+,40-38+. The smallest absolute Gasteiger partial charge is 0.306 e. The maximum atomic E-state index is 12.8. The number of hydrogen-bond acceptors (Lipinski definition) is 7. The monoisotopic (exact) mass is 860 g/mol. The molecule has 0 saturated heterocycles. The number of nitrogens with zero attached hydrogens (tertiary/aromatic N) is 1. The SMILES string of the molecule is CC/C=C/C/C=C/C/C=C/C/C=C/C/C=C/CCCCCCCCC(=O)OC(COCCC(C(=O)[O-])[N+](C)(C)C)COC(=O)CC/C=C/C/C=C/C/C=C/C/C=C/C/C=C/CC. The van der Waals surface area contributed by atoms with Crippen LogP contribution >= 0.6 is 0 Å². The first-order valence-electron chi connectivity index (χ1n) is 23.6. The van der Waals surface area contributed by atoms with Gasteiger partial charge in [0.2, 0.25) is 0 Å². The Bertz CT molecular complexity index is 1420. The zero-order chi connectivity index (χ0) is 45.6. The molecule has 0 spiro atoms. The number of carboxylic acid groups (broad SMARTS) is 1. The van der Waals surface area contributed by atoms with Crippen LogP contribution in [0.3, 0.4) is 0 Å². The maximum absolute atomic E-state index is 12.8. The summed E-state index contributed by atoms with van der Waals surface area (Å²) in [4.78, 5) is 36.9. The Balaban J connectivity index is 4.45. The first-order chi connectivity index (χ1) is 30.1. The summed E-state index contributed by atoms with van der Waals surface area (Å²) in [7, 11) is 5.37. The Morgan fingerprint density at radius 2 is 0.887 bits per heavy atom. The van der Waals surface area contributed by atoms with Crippen LogP contribution in [-0.4, -0.2) is 75.5 Å². The molecular weight excluding hydrogens is 775 g/mol. The summed E-state index contributed by atoms with van der Waals surface area (Å²) in [5.74, 6) is -1.88. The van der Waals surface area contributed by atoms with E-state index in [0.29, 0.717) is 6.42 Å². The van der Waals surface area contributed by atoms with E-state index in [9.17, 15) is 19.5 Å². The van der Waals surface area contributed by atoms with E-state index in [4.69, 9.17) is 14.2 Å². The van der Waals surface area contributed by atoms with Gasteiger partial charge in [-0.15, -0.1) is 0 Å². The highest BCUT2D eigenvalue weighted by molar-refractivity contribution is 5.70. The molecule has 2 atom stereocenters. The number of aliphatic carboxylic acids is 1. The minimum absolute atomic E-state index is 0.00257. The molecule has 0 aromatic carbocycles. The first-order valence-corrected chi connectivity index (χ1v) is 23.6. The van der Waals surface area contributed by atoms with Crippen molar-refractivity contribution >= 4 is 17.9 Å². The second kappa shape index (κ2) is 43.4. The fourth-order valence-corrected chi connectivity index (χ4v) is 6.03. The molecule has 8 heteroatoms. The summed E-state index contributed by atoms with van der Waals surface area (Å²) in [6.07, 6.45) is 61.0. The molecule has 2 unspecified atom stereocenters. The Hall–Kier alpha value is -4.27. The van der Waals surface area contributed by atoms with Gasteiger partial charge in [-0.3, -0.25) is 9.59 Å². The molecule has 0 amide bonds. The number of carboxylic acids is 1. The topological polar surface area (TPSA) is 102 Å². The van der Waals surface area contributed by atoms with Gasteiger partial charge in [-0.2, -0.15) is 0 Å². The molecule has 0 fully saturated rings. The van der Waals surface area contributed by atoms with Crippen molar-refractivity contribution in [2.75, 3.05) is 41.0 Å². The summed E-state index contributed by atoms with van der Waals surface area (Å²) >= 11 is 0. The number of ether oxygens (including phenoxy) is 3. The third-order valence-electron chi connectivity index (χ3n) is 9.61. The number of carbonyl (C=O) groups excluding carboxylic acids is 3. The van der Waals surface area contributed by atoms with Gasteiger partial charge in [-0.1, -0.05) is 161 Å². The van der Waals surface area contributed by atoms with Gasteiger partial charge in [0.15, 0.2) is 6.10 Å². The molecule has 0 aliphatic heterocycles. The van der Waals surface area contributed by atoms with Gasteiger partial charge in [0.1, 0.15) is 12.6 Å². The lowest BCUT2D eigenvalue weighted by molar-refractivity contribution is -0.889. The van der Waals surface area contributed by atoms with Crippen molar-refractivity contribution in [2.24, 2.45) is 0 Å². The Labute approximate surface area is 378 Å². The van der Waals surface area contributed by atoms with Crippen molar-refractivity contribution in [3.63, 3.8) is 0 Å². The fourth-order valence-electron chi connectivity index (χ4n) is 6.03. The lowest BCUT2D eigenvalue weighted by Gasteiger charge is -2.34. The summed E-state index contributed by atoms with van der Waals surface area (Å²) < 4.78 is 17.1. The minimum Gasteiger partial charge on any atom is -0.544 e. The lowest BCUT2D eigenvalue weighted by atomic mass is 10.1. The van der Waals surface area contributed by atoms with Gasteiger partial charge in [-0.25, -0.2) is 0 Å². The molecule has 62 heavy (non-hydrogen) atoms. The quantitative estimate of drug-likeness (QED) is 0.0262. The van der Waals surface area contributed by atoms with Crippen molar-refractivity contribution < 1.29 is 38.2 Å². The Morgan fingerprint density at radius 1 is 0.484 bits per heavy atom. The zero-order valence-corrected chi connectivity index (χ0v) is 39.5. The summed E-state index contributed by atoms with van der Waals surface area (Å²) in [6, 6.07) is -0.747. The normalized spacial score (nSPS) is 14.0. The van der Waals surface area contributed by atoms with Crippen LogP contribution in [0, 0.1) is 0 Å². The van der Waals surface area contributed by atoms with Crippen molar-refractivity contribution in [2.45, 2.75) is 161 Å². The van der Waals surface area contributed by atoms with Crippen LogP contribution in [0.25, 0.3) is 0 Å². The van der Waals surface area contributed by atoms with E-state index in [0.717, 1.165) is 109 Å². The second-order valence-corrected chi connectivity index (χ2v) is 16.2. The molecule has 0 aliphatic carbocycles. The molecule has 0 aromatic heterocycles. The molecule has 348 valence electrons. The molecule has 8 nitrogen and oxygen atoms in total. The first kappa shape index (κ1) is 57.7. The number of unbranched alkanes of at least 4 members (excludes halogenated alkanes) is 6. The summed E-state index contributed by atoms with van der Waals surface area (Å²) in [6.45, 7) is 4.31. The van der Waals surface area contributed by atoms with Crippen LogP contribution < -0.4 is 5.11 Å². The molecular formula is C54H85NO7. The van der Waals surface area contributed by atoms with Crippen molar-refractivity contribution in [3.05, 3.63) is 122 Å². The number of carbonyl (C=O) groups is 3. The largest absolute Gasteiger partial charge is 0.544 e. The molecule has 0 N–H and O–H groups in total. The van der Waals surface area contributed by atoms with Crippen molar-refractivity contribution in [3.8, 4) is 0 Å². The number of rotatable bonds is 40. The minimum atomic E-state index is -1.14. The average molecular weight is 860 g/mol. The van der Waals surface area contributed by atoms with Gasteiger partial charge < -0.3 is 28.6 Å². The van der Waals surface area contributed by atoms with E-state index in [1.165, 1.54) is 0 Å². The van der Waals surface area contributed by atoms with Crippen molar-refractivity contribution in [1.29, 1.82) is 0 Å². The van der Waals surface area contributed by atoms with Crippen LogP contribution in [0.2, 0.25) is 0 Å². The molecule has 0 bridgehead atoms. The molecule has 0 aliphatic rings. The van der Waals surface area contributed by atoms with Gasteiger partial charge in [0.05, 0.1) is 40.3 Å². The highest BCUT2D eigenvalue weighted by Gasteiger charge is 2.25. The van der Waals surface area contributed by atoms with Gasteiger partial charge >= 0.3 is 11.9 Å². The molecule has 0 saturated carbocycles. The third kappa shape index (κ3) is 41.1. The maximum Gasteiger partial charge on any atom is 0.306 e. The van der Waals surface area contributed by atoms with Crippen LogP contribution in [0.5, 0.6) is 0 Å². The predicted molar refractivity (Wildman–Crippen MR) is 258 cm³/mol. The second-order valence-electron chi connectivity index (χ2n) is 16.2. The Kier molecular flexibility index (Phi) is 40.4. The van der Waals surface area contributed by atoms with E-state index in [1.807, 2.05) is 12.2 Å². The van der Waals surface area contributed by atoms with Gasteiger partial charge in [0, 0.05) is 19.3 Å². The van der Waals surface area contributed by atoms with Crippen LogP contribution in [0.1, 0.15) is 149 Å². The Morgan fingerprint density at radius 3 is 1.32 bits per heavy atom. The highest BCUT2D eigenvalue weighted by atomic mass is 16.6. The number of allylic oxidation sites excluding steroid dienone is 20. The molecule has 0 heterocycles. The van der Waals surface area contributed by atoms with Crippen LogP contribution in [0.15, 0.2) is 122 Å². The number of esters is 2. The van der Waals surface area contributed by atoms with E-state index in [2.05, 4.69) is 123 Å². The van der Waals surface area contributed by atoms with Gasteiger partial charge in [0.25, 0.3) is 0 Å². The molecule has 0 radical (unpaired) electrons. The van der Waals surface area contributed by atoms with Crippen LogP contribution in [-0.2, 0) is 28.6 Å². The summed E-state index contributed by atoms with van der Waals surface area (Å²) in [5, 5.41) is 11.6. The van der Waals surface area contributed by atoms with E-state index >= 15 is 0 Å². The van der Waals surface area contributed by atoms with Gasteiger partial charge in [-0.05, 0) is 89.9 Å². The molecule has 0 aromatic rings. The number of quaternary nitrogens is 1. The van der Waals surface area contributed by atoms with Crippen LogP contribution in [0.4, 0.5) is 0 Å². The average Bonchev–Trinajstić information content (AvgIpc) is 3.23. The van der Waals surface area contributed by atoms with E-state index in [1.54, 1.807) is 21.1 Å². The summed E-state index contributed by atoms with van der Waals surface area (Å²) in [5.41, 5.74) is 0. The number of likely N-dealkylation sites (N-methyl/N-ethyl adjacent to an activating group) is 1. The van der Waals surface area contributed by atoms with Crippen molar-refractivity contribution in [1.82, 2.24) is 0 Å². The van der Waals surface area contributed by atoms with E-state index in [-0.39, 0.29) is 55.5 Å². The highest BCUT2D eigenvalue weighted by Crippen LogP contribution is 2.12. The third-order valence-corrected chi connectivity index (χ3v) is 9.61. The van der Waals surface area contributed by atoms with E-state index < -0.39 is 18.1 Å². The zero-order valence-electron chi connectivity index (χ0n) is 39.5. The number of hydrogen-bond donors (Lipinski definition) is 0.